The molecule has 1 aromatic rings. The van der Waals surface area contributed by atoms with Gasteiger partial charge in [-0.1, -0.05) is 0 Å². The van der Waals surface area contributed by atoms with E-state index in [1.165, 1.54) is 11.3 Å². The largest absolute Gasteiger partial charge is 0.378 e. The molecule has 0 atom stereocenters. The predicted molar refractivity (Wildman–Crippen MR) is 54.0 cm³/mol. The lowest BCUT2D eigenvalue weighted by atomic mass is 10.0. The molecule has 0 saturated heterocycles. The van der Waals surface area contributed by atoms with E-state index in [0.717, 1.165) is 10.7 Å². The van der Waals surface area contributed by atoms with E-state index in [1.54, 1.807) is 13.2 Å². The average Bonchev–Trinajstić information content (AvgIpc) is 2.54. The number of thiazole rings is 1. The number of methoxy groups -OCH3 is 1. The lowest BCUT2D eigenvalue weighted by Gasteiger charge is -2.13. The number of aromatic nitrogens is 1. The third kappa shape index (κ3) is 2.48. The Morgan fingerprint density at radius 2 is 2.43 bits per heavy atom. The number of isocyanates is 1. The lowest BCUT2D eigenvalue weighted by Crippen LogP contribution is -2.14. The average molecular weight is 212 g/mol. The first-order chi connectivity index (χ1) is 6.60. The highest BCUT2D eigenvalue weighted by Gasteiger charge is 2.22. The van der Waals surface area contributed by atoms with Gasteiger partial charge in [0.15, 0.2) is 0 Å². The quantitative estimate of drug-likeness (QED) is 0.565. The molecule has 0 amide bonds. The predicted octanol–water partition coefficient (Wildman–Crippen LogP) is 1.86. The van der Waals surface area contributed by atoms with Gasteiger partial charge in [0.05, 0.1) is 12.3 Å². The maximum atomic E-state index is 10.2. The number of rotatable bonds is 4. The van der Waals surface area contributed by atoms with Gasteiger partial charge in [-0.3, -0.25) is 0 Å². The van der Waals surface area contributed by atoms with Crippen LogP contribution in [0.2, 0.25) is 0 Å². The molecular weight excluding hydrogens is 200 g/mol. The smallest absolute Gasteiger partial charge is 0.235 e. The van der Waals surface area contributed by atoms with Crippen LogP contribution in [-0.2, 0) is 21.7 Å². The Kier molecular flexibility index (Phi) is 3.52. The Balaban J connectivity index is 2.90. The van der Waals surface area contributed by atoms with Crippen LogP contribution in [0.15, 0.2) is 10.4 Å². The van der Waals surface area contributed by atoms with Crippen molar-refractivity contribution in [3.05, 3.63) is 16.1 Å². The molecule has 5 heteroatoms. The number of aliphatic imine (C=N–C) groups is 1. The van der Waals surface area contributed by atoms with Crippen molar-refractivity contribution in [2.75, 3.05) is 7.11 Å². The molecule has 0 saturated carbocycles. The summed E-state index contributed by atoms with van der Waals surface area (Å²) in [4.78, 5) is 18.2. The van der Waals surface area contributed by atoms with Crippen molar-refractivity contribution < 1.29 is 9.53 Å². The molecular formula is C9H12N2O2S. The molecule has 1 heterocycles. The minimum Gasteiger partial charge on any atom is -0.378 e. The Morgan fingerprint density at radius 3 is 3.00 bits per heavy atom. The van der Waals surface area contributed by atoms with Crippen LogP contribution in [0.5, 0.6) is 0 Å². The zero-order valence-corrected chi connectivity index (χ0v) is 9.22. The molecule has 0 aromatic carbocycles. The van der Waals surface area contributed by atoms with E-state index in [4.69, 9.17) is 4.74 Å². The second-order valence-electron chi connectivity index (χ2n) is 3.32. The summed E-state index contributed by atoms with van der Waals surface area (Å²) in [5, 5.41) is 2.77. The van der Waals surface area contributed by atoms with Crippen molar-refractivity contribution >= 4 is 17.4 Å². The van der Waals surface area contributed by atoms with Gasteiger partial charge < -0.3 is 4.74 Å². The number of ether oxygens (including phenoxy) is 1. The van der Waals surface area contributed by atoms with Crippen LogP contribution >= 0.6 is 11.3 Å². The van der Waals surface area contributed by atoms with Gasteiger partial charge in [0.25, 0.3) is 0 Å². The van der Waals surface area contributed by atoms with Crippen molar-refractivity contribution in [2.45, 2.75) is 26.0 Å². The second kappa shape index (κ2) is 4.46. The lowest BCUT2D eigenvalue weighted by molar-refractivity contribution is 0.184. The highest BCUT2D eigenvalue weighted by atomic mass is 32.1. The van der Waals surface area contributed by atoms with Crippen LogP contribution in [0.25, 0.3) is 0 Å². The molecule has 0 bridgehead atoms. The van der Waals surface area contributed by atoms with Crippen LogP contribution in [-0.4, -0.2) is 18.2 Å². The van der Waals surface area contributed by atoms with Crippen molar-refractivity contribution in [3.63, 3.8) is 0 Å². The Hall–Kier alpha value is -1.03. The van der Waals surface area contributed by atoms with Gasteiger partial charge in [0.2, 0.25) is 6.08 Å². The first-order valence-corrected chi connectivity index (χ1v) is 5.01. The maximum Gasteiger partial charge on any atom is 0.235 e. The third-order valence-electron chi connectivity index (χ3n) is 1.77. The molecule has 0 unspecified atom stereocenters. The van der Waals surface area contributed by atoms with E-state index >= 15 is 0 Å². The summed E-state index contributed by atoms with van der Waals surface area (Å²) in [6, 6.07) is 0. The highest BCUT2D eigenvalue weighted by molar-refractivity contribution is 7.09. The number of nitrogens with zero attached hydrogens (tertiary/aromatic N) is 2. The summed E-state index contributed by atoms with van der Waals surface area (Å²) < 4.78 is 4.95. The maximum absolute atomic E-state index is 10.2. The SMILES string of the molecule is COCc1nc(C(C)(C)N=C=O)cs1. The number of carbonyl (C=O) groups excluding carboxylic acids is 1. The Morgan fingerprint density at radius 1 is 1.71 bits per heavy atom. The van der Waals surface area contributed by atoms with E-state index in [2.05, 4.69) is 9.98 Å². The monoisotopic (exact) mass is 212 g/mol. The summed E-state index contributed by atoms with van der Waals surface area (Å²) in [6.07, 6.45) is 1.56. The zero-order chi connectivity index (χ0) is 10.6. The standard InChI is InChI=1S/C9H12N2O2S/c1-9(2,10-6-12)7-5-14-8(11-7)4-13-3/h5H,4H2,1-3H3. The van der Waals surface area contributed by atoms with Crippen LogP contribution in [0.3, 0.4) is 0 Å². The van der Waals surface area contributed by atoms with E-state index in [0.29, 0.717) is 6.61 Å². The first kappa shape index (κ1) is 11.0. The molecule has 0 aliphatic carbocycles. The minimum absolute atomic E-state index is 0.492. The normalized spacial score (nSPS) is 11.1. The van der Waals surface area contributed by atoms with E-state index in [1.807, 2.05) is 19.2 Å². The van der Waals surface area contributed by atoms with Crippen molar-refractivity contribution in [2.24, 2.45) is 4.99 Å². The summed E-state index contributed by atoms with van der Waals surface area (Å²) >= 11 is 1.50. The van der Waals surface area contributed by atoms with Crippen LogP contribution < -0.4 is 0 Å². The molecule has 1 rings (SSSR count). The second-order valence-corrected chi connectivity index (χ2v) is 4.26. The van der Waals surface area contributed by atoms with E-state index < -0.39 is 5.54 Å². The molecule has 0 spiro atoms. The molecule has 14 heavy (non-hydrogen) atoms. The number of hydrogen-bond donors (Lipinski definition) is 0. The van der Waals surface area contributed by atoms with Crippen molar-refractivity contribution in [1.29, 1.82) is 0 Å². The van der Waals surface area contributed by atoms with Gasteiger partial charge in [-0.25, -0.2) is 9.78 Å². The zero-order valence-electron chi connectivity index (χ0n) is 8.40. The topological polar surface area (TPSA) is 51.6 Å². The van der Waals surface area contributed by atoms with E-state index in [-0.39, 0.29) is 0 Å². The summed E-state index contributed by atoms with van der Waals surface area (Å²) in [6.45, 7) is 4.14. The molecule has 76 valence electrons. The molecule has 4 nitrogen and oxygen atoms in total. The fourth-order valence-electron chi connectivity index (χ4n) is 0.953. The summed E-state index contributed by atoms with van der Waals surface area (Å²) in [5.74, 6) is 0. The molecule has 0 aliphatic heterocycles. The van der Waals surface area contributed by atoms with E-state index in [9.17, 15) is 4.79 Å². The minimum atomic E-state index is -0.593. The van der Waals surface area contributed by atoms with Crippen LogP contribution in [0, 0.1) is 0 Å². The molecule has 0 N–H and O–H groups in total. The van der Waals surface area contributed by atoms with Gasteiger partial charge in [0.1, 0.15) is 10.5 Å². The Bertz CT molecular complexity index is 353. The van der Waals surface area contributed by atoms with Gasteiger partial charge in [0, 0.05) is 12.5 Å². The highest BCUT2D eigenvalue weighted by Crippen LogP contribution is 2.25. The van der Waals surface area contributed by atoms with Gasteiger partial charge in [-0.05, 0) is 13.8 Å². The fourth-order valence-corrected chi connectivity index (χ4v) is 1.88. The molecule has 0 aliphatic rings. The third-order valence-corrected chi connectivity index (χ3v) is 2.59. The molecule has 1 aromatic heterocycles. The summed E-state index contributed by atoms with van der Waals surface area (Å²) in [5.41, 5.74) is 0.183. The van der Waals surface area contributed by atoms with Gasteiger partial charge >= 0.3 is 0 Å². The fraction of sp³-hybridized carbons (Fsp3) is 0.556. The molecule has 0 fully saturated rings. The van der Waals surface area contributed by atoms with Gasteiger partial charge in [-0.2, -0.15) is 4.99 Å². The first-order valence-electron chi connectivity index (χ1n) is 4.13. The van der Waals surface area contributed by atoms with Crippen molar-refractivity contribution in [1.82, 2.24) is 4.98 Å². The van der Waals surface area contributed by atoms with Crippen LogP contribution in [0.4, 0.5) is 0 Å². The Labute approximate surface area is 86.7 Å². The number of hydrogen-bond acceptors (Lipinski definition) is 5. The van der Waals surface area contributed by atoms with Crippen LogP contribution in [0.1, 0.15) is 24.5 Å². The molecule has 0 radical (unpaired) electrons. The van der Waals surface area contributed by atoms with Gasteiger partial charge in [-0.15, -0.1) is 11.3 Å². The van der Waals surface area contributed by atoms with Crippen molar-refractivity contribution in [3.8, 4) is 0 Å². The summed E-state index contributed by atoms with van der Waals surface area (Å²) in [7, 11) is 1.62.